The Morgan fingerprint density at radius 3 is 2.26 bits per heavy atom. The van der Waals surface area contributed by atoms with Crippen molar-refractivity contribution in [3.8, 4) is 0 Å². The number of nitrogens with zero attached hydrogens (tertiary/aromatic N) is 2. The van der Waals surface area contributed by atoms with Crippen LogP contribution in [-0.4, -0.2) is 55.6 Å². The third-order valence-electron chi connectivity index (χ3n) is 4.77. The van der Waals surface area contributed by atoms with Crippen molar-refractivity contribution in [3.63, 3.8) is 0 Å². The van der Waals surface area contributed by atoms with E-state index in [1.165, 1.54) is 45.2 Å². The third-order valence-corrected chi connectivity index (χ3v) is 4.77. The lowest BCUT2D eigenvalue weighted by molar-refractivity contribution is 0.0114. The van der Waals surface area contributed by atoms with Crippen molar-refractivity contribution in [1.82, 2.24) is 9.80 Å². The average Bonchev–Trinajstić information content (AvgIpc) is 2.32. The van der Waals surface area contributed by atoms with Crippen LogP contribution in [0.1, 0.15) is 52.9 Å². The van der Waals surface area contributed by atoms with Crippen LogP contribution in [0.4, 0.5) is 0 Å². The van der Waals surface area contributed by atoms with Crippen LogP contribution >= 0.6 is 0 Å². The van der Waals surface area contributed by atoms with Gasteiger partial charge >= 0.3 is 0 Å². The molecule has 0 saturated heterocycles. The van der Waals surface area contributed by atoms with Gasteiger partial charge in [-0.05, 0) is 64.8 Å². The molecule has 0 aliphatic heterocycles. The van der Waals surface area contributed by atoms with Crippen LogP contribution < -0.4 is 5.73 Å². The second-order valence-corrected chi connectivity index (χ2v) is 7.36. The molecule has 1 aliphatic rings. The molecule has 0 amide bonds. The maximum absolute atomic E-state index is 6.22. The quantitative estimate of drug-likeness (QED) is 0.771. The van der Waals surface area contributed by atoms with Gasteiger partial charge in [0.2, 0.25) is 0 Å². The average molecular weight is 269 g/mol. The van der Waals surface area contributed by atoms with Crippen LogP contribution in [-0.2, 0) is 0 Å². The van der Waals surface area contributed by atoms with Gasteiger partial charge in [0.1, 0.15) is 0 Å². The molecule has 1 fully saturated rings. The molecule has 0 spiro atoms. The van der Waals surface area contributed by atoms with Crippen LogP contribution in [0.25, 0.3) is 0 Å². The number of likely N-dealkylation sites (N-methyl/N-ethyl adjacent to an activating group) is 1. The maximum Gasteiger partial charge on any atom is 0.0336 e. The Bertz CT molecular complexity index is 263. The second-order valence-electron chi connectivity index (χ2n) is 7.36. The SMILES string of the molecule is CCN(CCCN(C)C)C1(CN)CCCC(C)(C)C1. The summed E-state index contributed by atoms with van der Waals surface area (Å²) < 4.78 is 0. The molecule has 0 radical (unpaired) electrons. The van der Waals surface area contributed by atoms with Crippen LogP contribution in [0, 0.1) is 5.41 Å². The Balaban J connectivity index is 2.68. The van der Waals surface area contributed by atoms with Crippen LogP contribution in [0.15, 0.2) is 0 Å². The molecular formula is C16H35N3. The zero-order valence-electron chi connectivity index (χ0n) is 13.8. The second kappa shape index (κ2) is 7.05. The zero-order valence-corrected chi connectivity index (χ0v) is 13.8. The zero-order chi connectivity index (χ0) is 14.5. The summed E-state index contributed by atoms with van der Waals surface area (Å²) in [5, 5.41) is 0. The molecule has 1 rings (SSSR count). The molecule has 114 valence electrons. The first-order valence-corrected chi connectivity index (χ1v) is 7.95. The van der Waals surface area contributed by atoms with E-state index in [9.17, 15) is 0 Å². The standard InChI is InChI=1S/C16H35N3/c1-6-19(12-8-11-18(4)5)16(14-17)10-7-9-15(2,3)13-16/h6-14,17H2,1-5H3. The minimum absolute atomic E-state index is 0.253. The van der Waals surface area contributed by atoms with Gasteiger partial charge in [0, 0.05) is 12.1 Å². The van der Waals surface area contributed by atoms with E-state index in [1.54, 1.807) is 0 Å². The van der Waals surface area contributed by atoms with Gasteiger partial charge in [0.25, 0.3) is 0 Å². The maximum atomic E-state index is 6.22. The first-order valence-electron chi connectivity index (χ1n) is 7.95. The molecule has 1 aliphatic carbocycles. The topological polar surface area (TPSA) is 32.5 Å². The van der Waals surface area contributed by atoms with E-state index in [0.29, 0.717) is 5.41 Å². The van der Waals surface area contributed by atoms with Gasteiger partial charge in [0.05, 0.1) is 0 Å². The molecule has 19 heavy (non-hydrogen) atoms. The van der Waals surface area contributed by atoms with Gasteiger partial charge in [-0.3, -0.25) is 4.90 Å². The van der Waals surface area contributed by atoms with Crippen molar-refractivity contribution >= 4 is 0 Å². The smallest absolute Gasteiger partial charge is 0.0336 e. The predicted octanol–water partition coefficient (Wildman–Crippen LogP) is 2.56. The van der Waals surface area contributed by atoms with E-state index in [1.807, 2.05) is 0 Å². The van der Waals surface area contributed by atoms with Crippen molar-refractivity contribution in [1.29, 1.82) is 0 Å². The molecule has 2 N–H and O–H groups in total. The Morgan fingerprint density at radius 1 is 1.11 bits per heavy atom. The van der Waals surface area contributed by atoms with E-state index < -0.39 is 0 Å². The summed E-state index contributed by atoms with van der Waals surface area (Å²) >= 11 is 0. The summed E-state index contributed by atoms with van der Waals surface area (Å²) in [5.41, 5.74) is 6.92. The summed E-state index contributed by atoms with van der Waals surface area (Å²) in [5.74, 6) is 0. The molecule has 0 aromatic heterocycles. The molecular weight excluding hydrogens is 234 g/mol. The highest BCUT2D eigenvalue weighted by Crippen LogP contribution is 2.43. The van der Waals surface area contributed by atoms with Crippen molar-refractivity contribution < 1.29 is 0 Å². The summed E-state index contributed by atoms with van der Waals surface area (Å²) in [6, 6.07) is 0. The first-order chi connectivity index (χ1) is 8.85. The minimum atomic E-state index is 0.253. The van der Waals surface area contributed by atoms with Gasteiger partial charge in [-0.1, -0.05) is 27.2 Å². The Morgan fingerprint density at radius 2 is 1.79 bits per heavy atom. The third kappa shape index (κ3) is 4.73. The van der Waals surface area contributed by atoms with Crippen LogP contribution in [0.3, 0.4) is 0 Å². The molecule has 0 aromatic carbocycles. The van der Waals surface area contributed by atoms with Gasteiger partial charge in [0.15, 0.2) is 0 Å². The number of hydrogen-bond acceptors (Lipinski definition) is 3. The number of nitrogens with two attached hydrogens (primary N) is 1. The Hall–Kier alpha value is -0.120. The summed E-state index contributed by atoms with van der Waals surface area (Å²) in [6.45, 7) is 11.4. The van der Waals surface area contributed by atoms with E-state index in [0.717, 1.165) is 13.1 Å². The Kier molecular flexibility index (Phi) is 6.28. The van der Waals surface area contributed by atoms with Crippen molar-refractivity contribution in [3.05, 3.63) is 0 Å². The fourth-order valence-corrected chi connectivity index (χ4v) is 3.85. The molecule has 1 atom stereocenters. The Labute approximate surface area is 120 Å². The van der Waals surface area contributed by atoms with Crippen LogP contribution in [0.2, 0.25) is 0 Å². The molecule has 0 bridgehead atoms. The van der Waals surface area contributed by atoms with E-state index >= 15 is 0 Å². The lowest BCUT2D eigenvalue weighted by Gasteiger charge is -2.51. The molecule has 1 saturated carbocycles. The van der Waals surface area contributed by atoms with E-state index in [2.05, 4.69) is 44.7 Å². The lowest BCUT2D eigenvalue weighted by Crippen LogP contribution is -2.58. The largest absolute Gasteiger partial charge is 0.329 e. The van der Waals surface area contributed by atoms with E-state index in [4.69, 9.17) is 5.73 Å². The molecule has 0 heterocycles. The highest BCUT2D eigenvalue weighted by Gasteiger charge is 2.42. The van der Waals surface area contributed by atoms with Gasteiger partial charge in [-0.2, -0.15) is 0 Å². The molecule has 3 heteroatoms. The van der Waals surface area contributed by atoms with Crippen LogP contribution in [0.5, 0.6) is 0 Å². The summed E-state index contributed by atoms with van der Waals surface area (Å²) in [4.78, 5) is 4.94. The molecule has 1 unspecified atom stereocenters. The van der Waals surface area contributed by atoms with Gasteiger partial charge < -0.3 is 10.6 Å². The van der Waals surface area contributed by atoms with Crippen molar-refractivity contribution in [2.75, 3.05) is 40.3 Å². The molecule has 3 nitrogen and oxygen atoms in total. The first kappa shape index (κ1) is 16.9. The lowest BCUT2D eigenvalue weighted by atomic mass is 9.67. The van der Waals surface area contributed by atoms with Gasteiger partial charge in [-0.15, -0.1) is 0 Å². The summed E-state index contributed by atoms with van der Waals surface area (Å²) in [7, 11) is 4.30. The predicted molar refractivity (Wildman–Crippen MR) is 84.5 cm³/mol. The number of rotatable bonds is 7. The van der Waals surface area contributed by atoms with E-state index in [-0.39, 0.29) is 5.54 Å². The number of hydrogen-bond donors (Lipinski definition) is 1. The summed E-state index contributed by atoms with van der Waals surface area (Å²) in [6.07, 6.45) is 6.45. The normalized spacial score (nSPS) is 27.2. The monoisotopic (exact) mass is 269 g/mol. The van der Waals surface area contributed by atoms with Gasteiger partial charge in [-0.25, -0.2) is 0 Å². The highest BCUT2D eigenvalue weighted by atomic mass is 15.2. The molecule has 0 aromatic rings. The minimum Gasteiger partial charge on any atom is -0.329 e. The fourth-order valence-electron chi connectivity index (χ4n) is 3.85. The highest BCUT2D eigenvalue weighted by molar-refractivity contribution is 4.99. The van der Waals surface area contributed by atoms with Crippen molar-refractivity contribution in [2.24, 2.45) is 11.1 Å². The van der Waals surface area contributed by atoms with Crippen molar-refractivity contribution in [2.45, 2.75) is 58.4 Å². The fraction of sp³-hybridized carbons (Fsp3) is 1.00.